The smallest absolute Gasteiger partial charge is 0.249 e. The van der Waals surface area contributed by atoms with E-state index in [0.717, 1.165) is 12.8 Å². The van der Waals surface area contributed by atoms with E-state index in [2.05, 4.69) is 15.4 Å². The van der Waals surface area contributed by atoms with Crippen molar-refractivity contribution in [2.75, 3.05) is 0 Å². The highest BCUT2D eigenvalue weighted by Crippen LogP contribution is 2.23. The van der Waals surface area contributed by atoms with Gasteiger partial charge in [-0.3, -0.25) is 4.79 Å². The van der Waals surface area contributed by atoms with Crippen molar-refractivity contribution >= 4 is 5.91 Å². The number of ether oxygens (including phenoxy) is 1. The lowest BCUT2D eigenvalue weighted by molar-refractivity contribution is -0.137. The maximum atomic E-state index is 12.4. The SMILES string of the molecule is CC[C@H](OC1CCCC1)C(=O)N[C@H](C)[C@H](C)n1cncn1. The number of nitrogens with one attached hydrogen (secondary N) is 1. The monoisotopic (exact) mass is 294 g/mol. The fourth-order valence-electron chi connectivity index (χ4n) is 2.69. The van der Waals surface area contributed by atoms with E-state index < -0.39 is 0 Å². The van der Waals surface area contributed by atoms with Crippen LogP contribution in [0.3, 0.4) is 0 Å². The molecule has 1 amide bonds. The van der Waals surface area contributed by atoms with Gasteiger partial charge in [0, 0.05) is 6.04 Å². The topological polar surface area (TPSA) is 69.0 Å². The van der Waals surface area contributed by atoms with Gasteiger partial charge >= 0.3 is 0 Å². The molecule has 0 spiro atoms. The molecule has 21 heavy (non-hydrogen) atoms. The van der Waals surface area contributed by atoms with Crippen LogP contribution < -0.4 is 5.32 Å². The molecule has 0 aliphatic heterocycles. The van der Waals surface area contributed by atoms with Crippen LogP contribution in [-0.2, 0) is 9.53 Å². The summed E-state index contributed by atoms with van der Waals surface area (Å²) in [7, 11) is 0. The van der Waals surface area contributed by atoms with Crippen molar-refractivity contribution in [2.45, 2.75) is 77.2 Å². The molecule has 0 aromatic carbocycles. The minimum Gasteiger partial charge on any atom is -0.365 e. The Morgan fingerprint density at radius 1 is 1.43 bits per heavy atom. The van der Waals surface area contributed by atoms with Crippen molar-refractivity contribution in [1.82, 2.24) is 20.1 Å². The first-order valence-electron chi connectivity index (χ1n) is 7.91. The van der Waals surface area contributed by atoms with E-state index in [9.17, 15) is 4.79 Å². The molecule has 1 fully saturated rings. The average molecular weight is 294 g/mol. The van der Waals surface area contributed by atoms with Crippen molar-refractivity contribution in [1.29, 1.82) is 0 Å². The van der Waals surface area contributed by atoms with Gasteiger partial charge in [0.25, 0.3) is 0 Å². The third-order valence-electron chi connectivity index (χ3n) is 4.27. The van der Waals surface area contributed by atoms with E-state index in [0.29, 0.717) is 6.42 Å². The zero-order valence-electron chi connectivity index (χ0n) is 13.2. The number of hydrogen-bond donors (Lipinski definition) is 1. The fraction of sp³-hybridized carbons (Fsp3) is 0.800. The molecule has 6 heteroatoms. The molecule has 1 aromatic rings. The van der Waals surface area contributed by atoms with Gasteiger partial charge in [-0.2, -0.15) is 5.10 Å². The first-order valence-corrected chi connectivity index (χ1v) is 7.91. The summed E-state index contributed by atoms with van der Waals surface area (Å²) < 4.78 is 7.70. The second-order valence-corrected chi connectivity index (χ2v) is 5.85. The average Bonchev–Trinajstić information content (AvgIpc) is 3.16. The maximum absolute atomic E-state index is 12.4. The van der Waals surface area contributed by atoms with Gasteiger partial charge in [0.1, 0.15) is 18.8 Å². The molecule has 3 atom stereocenters. The Balaban J connectivity index is 1.85. The highest BCUT2D eigenvalue weighted by Gasteiger charge is 2.26. The largest absolute Gasteiger partial charge is 0.365 e. The van der Waals surface area contributed by atoms with Crippen molar-refractivity contribution in [3.05, 3.63) is 12.7 Å². The minimum absolute atomic E-state index is 0.0242. The van der Waals surface area contributed by atoms with Crippen LogP contribution in [0.2, 0.25) is 0 Å². The van der Waals surface area contributed by atoms with Crippen molar-refractivity contribution in [2.24, 2.45) is 0 Å². The predicted octanol–water partition coefficient (Wildman–Crippen LogP) is 2.08. The summed E-state index contributed by atoms with van der Waals surface area (Å²) in [6, 6.07) is 0.0286. The number of nitrogens with zero attached hydrogens (tertiary/aromatic N) is 3. The Labute approximate surface area is 126 Å². The van der Waals surface area contributed by atoms with Crippen LogP contribution in [0.1, 0.15) is 58.9 Å². The molecule has 1 aliphatic rings. The fourth-order valence-corrected chi connectivity index (χ4v) is 2.69. The Hall–Kier alpha value is -1.43. The molecule has 1 saturated carbocycles. The van der Waals surface area contributed by atoms with Gasteiger partial charge in [0.05, 0.1) is 12.1 Å². The number of carbonyl (C=O) groups excluding carboxylic acids is 1. The Bertz CT molecular complexity index is 429. The lowest BCUT2D eigenvalue weighted by atomic mass is 10.1. The maximum Gasteiger partial charge on any atom is 0.249 e. The molecule has 1 aromatic heterocycles. The third kappa shape index (κ3) is 4.27. The van der Waals surface area contributed by atoms with Crippen molar-refractivity contribution in [3.63, 3.8) is 0 Å². The Morgan fingerprint density at radius 2 is 2.14 bits per heavy atom. The van der Waals surface area contributed by atoms with Crippen molar-refractivity contribution in [3.8, 4) is 0 Å². The summed E-state index contributed by atoms with van der Waals surface area (Å²) in [5, 5.41) is 7.16. The number of amides is 1. The first kappa shape index (κ1) is 15.9. The molecule has 2 rings (SSSR count). The molecule has 1 aliphatic carbocycles. The summed E-state index contributed by atoms with van der Waals surface area (Å²) in [6.45, 7) is 5.98. The molecule has 118 valence electrons. The summed E-state index contributed by atoms with van der Waals surface area (Å²) in [6.07, 6.45) is 8.35. The summed E-state index contributed by atoms with van der Waals surface area (Å²) in [4.78, 5) is 16.3. The van der Waals surface area contributed by atoms with Crippen LogP contribution in [-0.4, -0.2) is 38.9 Å². The van der Waals surface area contributed by atoms with Gasteiger partial charge in [-0.15, -0.1) is 0 Å². The van der Waals surface area contributed by atoms with Gasteiger partial charge in [-0.05, 0) is 33.1 Å². The van der Waals surface area contributed by atoms with Crippen LogP contribution in [0.15, 0.2) is 12.7 Å². The van der Waals surface area contributed by atoms with E-state index in [1.807, 2.05) is 20.8 Å². The van der Waals surface area contributed by atoms with E-state index >= 15 is 0 Å². The number of rotatable bonds is 7. The van der Waals surface area contributed by atoms with Crippen LogP contribution in [0.5, 0.6) is 0 Å². The second-order valence-electron chi connectivity index (χ2n) is 5.85. The van der Waals surface area contributed by atoms with E-state index in [1.54, 1.807) is 11.0 Å². The highest BCUT2D eigenvalue weighted by atomic mass is 16.5. The molecular weight excluding hydrogens is 268 g/mol. The molecular formula is C15H26N4O2. The van der Waals surface area contributed by atoms with Gasteiger partial charge < -0.3 is 10.1 Å². The number of hydrogen-bond acceptors (Lipinski definition) is 4. The Morgan fingerprint density at radius 3 is 2.71 bits per heavy atom. The van der Waals surface area contributed by atoms with Crippen LogP contribution in [0, 0.1) is 0 Å². The summed E-state index contributed by atoms with van der Waals surface area (Å²) in [5.74, 6) is -0.0242. The van der Waals surface area contributed by atoms with Crippen molar-refractivity contribution < 1.29 is 9.53 Å². The van der Waals surface area contributed by atoms with Gasteiger partial charge in [-0.25, -0.2) is 9.67 Å². The minimum atomic E-state index is -0.349. The highest BCUT2D eigenvalue weighted by molar-refractivity contribution is 5.81. The molecule has 1 N–H and O–H groups in total. The predicted molar refractivity (Wildman–Crippen MR) is 79.8 cm³/mol. The van der Waals surface area contributed by atoms with E-state index in [4.69, 9.17) is 4.74 Å². The lowest BCUT2D eigenvalue weighted by Crippen LogP contribution is -2.45. The van der Waals surface area contributed by atoms with Gasteiger partial charge in [0.2, 0.25) is 5.91 Å². The molecule has 0 saturated heterocycles. The van der Waals surface area contributed by atoms with Crippen LogP contribution in [0.25, 0.3) is 0 Å². The molecule has 0 radical (unpaired) electrons. The molecule has 6 nitrogen and oxygen atoms in total. The second kappa shape index (κ2) is 7.54. The zero-order chi connectivity index (χ0) is 15.2. The van der Waals surface area contributed by atoms with Gasteiger partial charge in [-0.1, -0.05) is 19.8 Å². The Kier molecular flexibility index (Phi) is 5.73. The van der Waals surface area contributed by atoms with E-state index in [1.165, 1.54) is 19.2 Å². The van der Waals surface area contributed by atoms with Crippen LogP contribution >= 0.6 is 0 Å². The molecule has 0 unspecified atom stereocenters. The summed E-state index contributed by atoms with van der Waals surface area (Å²) >= 11 is 0. The number of carbonyl (C=O) groups is 1. The molecule has 1 heterocycles. The van der Waals surface area contributed by atoms with Crippen LogP contribution in [0.4, 0.5) is 0 Å². The lowest BCUT2D eigenvalue weighted by Gasteiger charge is -2.25. The standard InChI is InChI=1S/C15H26N4O2/c1-4-14(21-13-7-5-6-8-13)15(20)18-11(2)12(3)19-10-16-9-17-19/h9-14H,4-8H2,1-3H3,(H,18,20)/t11-,12+,14+/m1/s1. The van der Waals surface area contributed by atoms with Gasteiger partial charge in [0.15, 0.2) is 0 Å². The number of aromatic nitrogens is 3. The van der Waals surface area contributed by atoms with E-state index in [-0.39, 0.29) is 30.2 Å². The molecule has 0 bridgehead atoms. The quantitative estimate of drug-likeness (QED) is 0.836. The first-order chi connectivity index (χ1) is 10.1. The normalized spacial score (nSPS) is 20.1. The summed E-state index contributed by atoms with van der Waals surface area (Å²) in [5.41, 5.74) is 0. The zero-order valence-corrected chi connectivity index (χ0v) is 13.2. The third-order valence-corrected chi connectivity index (χ3v) is 4.27.